The molecule has 0 aliphatic carbocycles. The van der Waals surface area contributed by atoms with Crippen LogP contribution in [0, 0.1) is 24.7 Å². The molecule has 0 saturated carbocycles. The van der Waals surface area contributed by atoms with Gasteiger partial charge in [0.1, 0.15) is 5.71 Å². The quantitative estimate of drug-likeness (QED) is 0.795. The average molecular weight is 270 g/mol. The molecule has 0 unspecified atom stereocenters. The third-order valence-electron chi connectivity index (χ3n) is 3.14. The van der Waals surface area contributed by atoms with Gasteiger partial charge in [-0.1, -0.05) is 30.0 Å². The van der Waals surface area contributed by atoms with Gasteiger partial charge in [-0.3, -0.25) is 4.79 Å². The third-order valence-corrected chi connectivity index (χ3v) is 3.14. The van der Waals surface area contributed by atoms with Crippen molar-refractivity contribution in [3.63, 3.8) is 0 Å². The number of para-hydroxylation sites is 1. The summed E-state index contributed by atoms with van der Waals surface area (Å²) in [4.78, 5) is 16.4. The molecule has 0 radical (unpaired) electrons. The molecule has 1 aliphatic heterocycles. The van der Waals surface area contributed by atoms with E-state index in [1.54, 1.807) is 18.2 Å². The van der Waals surface area contributed by atoms with E-state index in [-0.39, 0.29) is 5.91 Å². The monoisotopic (exact) mass is 270 g/mol. The van der Waals surface area contributed by atoms with E-state index in [2.05, 4.69) is 22.2 Å². The van der Waals surface area contributed by atoms with E-state index in [0.29, 0.717) is 22.5 Å². The standard InChI is InChI=1S/C18H10N2O/c1-3-12-9-13(4-2)11-14(10-12)19-17-15-7-5-6-8-16(15)20-18(17)21/h1-2,5-11H,(H,19,20,21). The maximum atomic E-state index is 12.0. The number of terminal acetylenes is 2. The molecule has 2 aromatic carbocycles. The fraction of sp³-hybridized carbons (Fsp3) is 0. The van der Waals surface area contributed by atoms with E-state index in [1.807, 2.05) is 24.3 Å². The fourth-order valence-corrected chi connectivity index (χ4v) is 2.18. The lowest BCUT2D eigenvalue weighted by molar-refractivity contribution is -0.110. The third kappa shape index (κ3) is 2.29. The van der Waals surface area contributed by atoms with E-state index in [4.69, 9.17) is 12.8 Å². The van der Waals surface area contributed by atoms with Crippen LogP contribution in [0.2, 0.25) is 0 Å². The van der Waals surface area contributed by atoms with Crippen LogP contribution in [0.5, 0.6) is 0 Å². The summed E-state index contributed by atoms with van der Waals surface area (Å²) in [6.45, 7) is 0. The van der Waals surface area contributed by atoms with Gasteiger partial charge < -0.3 is 5.32 Å². The molecular formula is C18H10N2O. The van der Waals surface area contributed by atoms with Gasteiger partial charge >= 0.3 is 0 Å². The number of amides is 1. The van der Waals surface area contributed by atoms with Crippen molar-refractivity contribution in [2.75, 3.05) is 5.32 Å². The Bertz CT molecular complexity index is 831. The average Bonchev–Trinajstić information content (AvgIpc) is 2.83. The van der Waals surface area contributed by atoms with Gasteiger partial charge in [0.25, 0.3) is 5.91 Å². The molecule has 3 rings (SSSR count). The molecule has 0 aromatic heterocycles. The molecule has 0 atom stereocenters. The molecule has 1 aliphatic rings. The first-order chi connectivity index (χ1) is 10.2. The van der Waals surface area contributed by atoms with Gasteiger partial charge in [-0.2, -0.15) is 0 Å². The SMILES string of the molecule is C#Cc1cc(C#C)cc(N=C2C(=O)Nc3ccccc32)c1. The second-order valence-corrected chi connectivity index (χ2v) is 4.52. The van der Waals surface area contributed by atoms with Crippen molar-refractivity contribution in [1.29, 1.82) is 0 Å². The largest absolute Gasteiger partial charge is 0.320 e. The lowest BCUT2D eigenvalue weighted by atomic mass is 10.1. The Hall–Kier alpha value is -3.30. The Balaban J connectivity index is 2.13. The van der Waals surface area contributed by atoms with Gasteiger partial charge in [0.2, 0.25) is 0 Å². The Morgan fingerprint density at radius 1 is 1.00 bits per heavy atom. The Morgan fingerprint density at radius 2 is 1.67 bits per heavy atom. The van der Waals surface area contributed by atoms with E-state index in [1.165, 1.54) is 0 Å². The van der Waals surface area contributed by atoms with Crippen LogP contribution in [0.25, 0.3) is 0 Å². The van der Waals surface area contributed by atoms with Gasteiger partial charge in [0.15, 0.2) is 0 Å². The maximum absolute atomic E-state index is 12.0. The highest BCUT2D eigenvalue weighted by Gasteiger charge is 2.25. The number of hydrogen-bond acceptors (Lipinski definition) is 2. The summed E-state index contributed by atoms with van der Waals surface area (Å²) in [7, 11) is 0. The fourth-order valence-electron chi connectivity index (χ4n) is 2.18. The topological polar surface area (TPSA) is 41.5 Å². The Morgan fingerprint density at radius 3 is 2.33 bits per heavy atom. The number of anilines is 1. The summed E-state index contributed by atoms with van der Waals surface area (Å²) < 4.78 is 0. The second kappa shape index (κ2) is 5.00. The number of benzene rings is 2. The van der Waals surface area contributed by atoms with Crippen molar-refractivity contribution in [2.24, 2.45) is 4.99 Å². The summed E-state index contributed by atoms with van der Waals surface area (Å²) in [5.41, 5.74) is 3.73. The number of aliphatic imine (C=N–C) groups is 1. The number of carbonyl (C=O) groups excluding carboxylic acids is 1. The molecule has 1 N–H and O–H groups in total. The van der Waals surface area contributed by atoms with Crippen molar-refractivity contribution in [2.45, 2.75) is 0 Å². The number of nitrogens with zero attached hydrogens (tertiary/aromatic N) is 1. The van der Waals surface area contributed by atoms with Crippen molar-refractivity contribution >= 4 is 23.0 Å². The van der Waals surface area contributed by atoms with Crippen molar-refractivity contribution in [3.05, 3.63) is 59.2 Å². The molecule has 0 fully saturated rings. The Labute approximate surface area is 122 Å². The zero-order chi connectivity index (χ0) is 14.8. The van der Waals surface area contributed by atoms with Crippen molar-refractivity contribution < 1.29 is 4.79 Å². The minimum atomic E-state index is -0.232. The highest BCUT2D eigenvalue weighted by Crippen LogP contribution is 2.26. The maximum Gasteiger partial charge on any atom is 0.275 e. The van der Waals surface area contributed by atoms with E-state index >= 15 is 0 Å². The van der Waals surface area contributed by atoms with Crippen LogP contribution >= 0.6 is 0 Å². The van der Waals surface area contributed by atoms with Crippen LogP contribution in [-0.2, 0) is 4.79 Å². The molecule has 3 nitrogen and oxygen atoms in total. The minimum Gasteiger partial charge on any atom is -0.320 e. The molecule has 0 saturated heterocycles. The zero-order valence-corrected chi connectivity index (χ0v) is 11.1. The van der Waals surface area contributed by atoms with Crippen LogP contribution in [0.4, 0.5) is 11.4 Å². The van der Waals surface area contributed by atoms with Crippen LogP contribution in [0.1, 0.15) is 16.7 Å². The predicted molar refractivity (Wildman–Crippen MR) is 83.6 cm³/mol. The van der Waals surface area contributed by atoms with Gasteiger partial charge in [-0.25, -0.2) is 4.99 Å². The summed E-state index contributed by atoms with van der Waals surface area (Å²) in [5.74, 6) is 4.83. The van der Waals surface area contributed by atoms with Crippen molar-refractivity contribution in [1.82, 2.24) is 0 Å². The molecule has 0 bridgehead atoms. The smallest absolute Gasteiger partial charge is 0.275 e. The number of nitrogens with one attached hydrogen (secondary N) is 1. The van der Waals surface area contributed by atoms with Crippen LogP contribution in [-0.4, -0.2) is 11.6 Å². The molecule has 21 heavy (non-hydrogen) atoms. The van der Waals surface area contributed by atoms with Crippen LogP contribution in [0.15, 0.2) is 47.5 Å². The molecule has 0 spiro atoms. The predicted octanol–water partition coefficient (Wildman–Crippen LogP) is 2.72. The molecule has 2 aromatic rings. The normalized spacial score (nSPS) is 14.2. The summed E-state index contributed by atoms with van der Waals surface area (Å²) in [5, 5.41) is 2.77. The molecule has 1 heterocycles. The lowest BCUT2D eigenvalue weighted by Gasteiger charge is -2.00. The first-order valence-corrected chi connectivity index (χ1v) is 6.29. The lowest BCUT2D eigenvalue weighted by Crippen LogP contribution is -2.13. The molecule has 3 heteroatoms. The van der Waals surface area contributed by atoms with E-state index in [9.17, 15) is 4.79 Å². The molecule has 1 amide bonds. The number of fused-ring (bicyclic) bond motifs is 1. The first kappa shape index (κ1) is 12.7. The van der Waals surface area contributed by atoms with Crippen LogP contribution in [0.3, 0.4) is 0 Å². The van der Waals surface area contributed by atoms with E-state index in [0.717, 1.165) is 11.3 Å². The molecular weight excluding hydrogens is 260 g/mol. The highest BCUT2D eigenvalue weighted by atomic mass is 16.2. The van der Waals surface area contributed by atoms with Gasteiger partial charge in [-0.15, -0.1) is 12.8 Å². The van der Waals surface area contributed by atoms with Gasteiger partial charge in [0.05, 0.1) is 11.4 Å². The minimum absolute atomic E-state index is 0.232. The van der Waals surface area contributed by atoms with Gasteiger partial charge in [-0.05, 0) is 24.3 Å². The van der Waals surface area contributed by atoms with Crippen LogP contribution < -0.4 is 5.32 Å². The summed E-state index contributed by atoms with van der Waals surface area (Å²) >= 11 is 0. The highest BCUT2D eigenvalue weighted by molar-refractivity contribution is 6.54. The van der Waals surface area contributed by atoms with Gasteiger partial charge in [0, 0.05) is 16.7 Å². The zero-order valence-electron chi connectivity index (χ0n) is 11.1. The Kier molecular flexibility index (Phi) is 3.03. The molecule has 98 valence electrons. The summed E-state index contributed by atoms with van der Waals surface area (Å²) in [6.07, 6.45) is 10.8. The second-order valence-electron chi connectivity index (χ2n) is 4.52. The number of carbonyl (C=O) groups is 1. The summed E-state index contributed by atoms with van der Waals surface area (Å²) in [6, 6.07) is 12.6. The van der Waals surface area contributed by atoms with Crippen molar-refractivity contribution in [3.8, 4) is 24.7 Å². The van der Waals surface area contributed by atoms with E-state index < -0.39 is 0 Å². The number of hydrogen-bond donors (Lipinski definition) is 1. The first-order valence-electron chi connectivity index (χ1n) is 6.29. The number of rotatable bonds is 1.